The van der Waals surface area contributed by atoms with Crippen molar-refractivity contribution in [2.75, 3.05) is 25.4 Å². The lowest BCUT2D eigenvalue weighted by Gasteiger charge is -2.41. The number of nitrogens with zero attached hydrogens (tertiary/aromatic N) is 1. The van der Waals surface area contributed by atoms with Gasteiger partial charge in [0.15, 0.2) is 0 Å². The first-order valence-electron chi connectivity index (χ1n) is 7.57. The second kappa shape index (κ2) is 5.83. The normalized spacial score (nSPS) is 26.9. The molecule has 20 heavy (non-hydrogen) atoms. The Kier molecular flexibility index (Phi) is 3.92. The number of amides is 1. The molecule has 4 heteroatoms. The molecule has 1 aromatic rings. The molecule has 2 unspecified atom stereocenters. The van der Waals surface area contributed by atoms with E-state index in [-0.39, 0.29) is 5.91 Å². The highest BCUT2D eigenvalue weighted by atomic mass is 16.1. The molecular weight excluding hydrogens is 250 g/mol. The van der Waals surface area contributed by atoms with Crippen LogP contribution in [0.1, 0.15) is 24.8 Å². The first-order chi connectivity index (χ1) is 9.70. The summed E-state index contributed by atoms with van der Waals surface area (Å²) >= 11 is 0. The fourth-order valence-electron chi connectivity index (χ4n) is 3.36. The highest BCUT2D eigenvalue weighted by molar-refractivity contribution is 5.77. The van der Waals surface area contributed by atoms with Crippen LogP contribution in [0.5, 0.6) is 0 Å². The second-order valence-electron chi connectivity index (χ2n) is 6.05. The molecule has 2 heterocycles. The average molecular weight is 273 g/mol. The summed E-state index contributed by atoms with van der Waals surface area (Å²) in [5, 5.41) is 3.14. The van der Waals surface area contributed by atoms with Gasteiger partial charge in [-0.25, -0.2) is 0 Å². The zero-order valence-electron chi connectivity index (χ0n) is 11.8. The van der Waals surface area contributed by atoms with Gasteiger partial charge in [0, 0.05) is 37.8 Å². The number of hydrogen-bond donors (Lipinski definition) is 2. The van der Waals surface area contributed by atoms with Gasteiger partial charge < -0.3 is 16.0 Å². The third kappa shape index (κ3) is 3.12. The number of fused-ring (bicyclic) bond motifs is 1. The summed E-state index contributed by atoms with van der Waals surface area (Å²) in [7, 11) is 0. The van der Waals surface area contributed by atoms with E-state index in [1.807, 2.05) is 12.1 Å². The monoisotopic (exact) mass is 273 g/mol. The summed E-state index contributed by atoms with van der Waals surface area (Å²) in [6.07, 6.45) is 3.92. The van der Waals surface area contributed by atoms with E-state index in [4.69, 9.17) is 5.73 Å². The average Bonchev–Trinajstić information content (AvgIpc) is 2.46. The van der Waals surface area contributed by atoms with Gasteiger partial charge in [0.05, 0.1) is 0 Å². The van der Waals surface area contributed by atoms with Crippen LogP contribution in [0.15, 0.2) is 24.3 Å². The molecule has 4 nitrogen and oxygen atoms in total. The van der Waals surface area contributed by atoms with E-state index >= 15 is 0 Å². The van der Waals surface area contributed by atoms with Gasteiger partial charge in [-0.3, -0.25) is 4.79 Å². The van der Waals surface area contributed by atoms with Crippen LogP contribution < -0.4 is 11.1 Å². The SMILES string of the molecule is Nc1ccc(CCN2CCC3NC(=O)CCC3C2)cc1. The van der Waals surface area contributed by atoms with Crippen LogP contribution in [-0.2, 0) is 11.2 Å². The number of piperidine rings is 2. The lowest BCUT2D eigenvalue weighted by Crippen LogP contribution is -2.54. The molecule has 0 aliphatic carbocycles. The van der Waals surface area contributed by atoms with Crippen molar-refractivity contribution in [3.05, 3.63) is 29.8 Å². The Hall–Kier alpha value is -1.55. The molecule has 0 aromatic heterocycles. The maximum Gasteiger partial charge on any atom is 0.220 e. The largest absolute Gasteiger partial charge is 0.399 e. The molecule has 2 saturated heterocycles. The fraction of sp³-hybridized carbons (Fsp3) is 0.562. The molecule has 1 amide bonds. The third-order valence-electron chi connectivity index (χ3n) is 4.60. The fourth-order valence-corrected chi connectivity index (χ4v) is 3.36. The number of likely N-dealkylation sites (tertiary alicyclic amines) is 1. The van der Waals surface area contributed by atoms with E-state index in [1.165, 1.54) is 5.56 Å². The smallest absolute Gasteiger partial charge is 0.220 e. The van der Waals surface area contributed by atoms with Crippen molar-refractivity contribution in [3.8, 4) is 0 Å². The Bertz CT molecular complexity index is 471. The molecule has 0 radical (unpaired) electrons. The Morgan fingerprint density at radius 3 is 2.85 bits per heavy atom. The lowest BCUT2D eigenvalue weighted by atomic mass is 9.85. The van der Waals surface area contributed by atoms with E-state index in [0.717, 1.165) is 44.6 Å². The van der Waals surface area contributed by atoms with Crippen molar-refractivity contribution in [2.45, 2.75) is 31.7 Å². The van der Waals surface area contributed by atoms with Crippen molar-refractivity contribution in [2.24, 2.45) is 5.92 Å². The maximum absolute atomic E-state index is 11.4. The summed E-state index contributed by atoms with van der Waals surface area (Å²) in [6.45, 7) is 3.32. The van der Waals surface area contributed by atoms with Gasteiger partial charge in [0.2, 0.25) is 5.91 Å². The summed E-state index contributed by atoms with van der Waals surface area (Å²) in [5.74, 6) is 0.884. The predicted octanol–water partition coefficient (Wildman–Crippen LogP) is 1.41. The topological polar surface area (TPSA) is 58.4 Å². The number of nitrogens with one attached hydrogen (secondary N) is 1. The van der Waals surface area contributed by atoms with Gasteiger partial charge in [0.1, 0.15) is 0 Å². The van der Waals surface area contributed by atoms with Gasteiger partial charge in [-0.15, -0.1) is 0 Å². The summed E-state index contributed by atoms with van der Waals surface area (Å²) in [6, 6.07) is 8.59. The molecule has 2 aliphatic rings. The number of carbonyl (C=O) groups excluding carboxylic acids is 1. The minimum absolute atomic E-state index is 0.238. The first kappa shape index (κ1) is 13.4. The summed E-state index contributed by atoms with van der Waals surface area (Å²) in [5.41, 5.74) is 7.88. The van der Waals surface area contributed by atoms with Crippen LogP contribution in [0.3, 0.4) is 0 Å². The van der Waals surface area contributed by atoms with Crippen molar-refractivity contribution in [1.82, 2.24) is 10.2 Å². The number of rotatable bonds is 3. The highest BCUT2D eigenvalue weighted by Crippen LogP contribution is 2.25. The number of nitrogen functional groups attached to an aromatic ring is 1. The molecule has 3 N–H and O–H groups in total. The minimum atomic E-state index is 0.238. The van der Waals surface area contributed by atoms with Crippen LogP contribution in [-0.4, -0.2) is 36.5 Å². The number of hydrogen-bond acceptors (Lipinski definition) is 3. The number of benzene rings is 1. The predicted molar refractivity (Wildman–Crippen MR) is 80.3 cm³/mol. The molecule has 2 fully saturated rings. The van der Waals surface area contributed by atoms with Crippen molar-refractivity contribution < 1.29 is 4.79 Å². The van der Waals surface area contributed by atoms with Crippen LogP contribution >= 0.6 is 0 Å². The molecule has 0 saturated carbocycles. The van der Waals surface area contributed by atoms with Gasteiger partial charge in [0.25, 0.3) is 0 Å². The van der Waals surface area contributed by atoms with E-state index in [2.05, 4.69) is 22.3 Å². The Morgan fingerprint density at radius 1 is 1.25 bits per heavy atom. The molecule has 3 rings (SSSR count). The molecule has 108 valence electrons. The summed E-state index contributed by atoms with van der Waals surface area (Å²) < 4.78 is 0. The molecular formula is C16H23N3O. The van der Waals surface area contributed by atoms with E-state index in [9.17, 15) is 4.79 Å². The number of anilines is 1. The quantitative estimate of drug-likeness (QED) is 0.819. The van der Waals surface area contributed by atoms with Gasteiger partial charge in [-0.05, 0) is 42.9 Å². The van der Waals surface area contributed by atoms with Crippen LogP contribution in [0.4, 0.5) is 5.69 Å². The zero-order chi connectivity index (χ0) is 13.9. The molecule has 1 aromatic carbocycles. The first-order valence-corrected chi connectivity index (χ1v) is 7.57. The van der Waals surface area contributed by atoms with Gasteiger partial charge in [-0.2, -0.15) is 0 Å². The second-order valence-corrected chi connectivity index (χ2v) is 6.05. The Morgan fingerprint density at radius 2 is 2.05 bits per heavy atom. The zero-order valence-corrected chi connectivity index (χ0v) is 11.8. The lowest BCUT2D eigenvalue weighted by molar-refractivity contribution is -0.125. The Balaban J connectivity index is 1.50. The molecule has 2 atom stereocenters. The van der Waals surface area contributed by atoms with Crippen LogP contribution in [0.2, 0.25) is 0 Å². The van der Waals surface area contributed by atoms with Crippen molar-refractivity contribution in [3.63, 3.8) is 0 Å². The maximum atomic E-state index is 11.4. The third-order valence-corrected chi connectivity index (χ3v) is 4.60. The van der Waals surface area contributed by atoms with Crippen LogP contribution in [0, 0.1) is 5.92 Å². The van der Waals surface area contributed by atoms with Crippen molar-refractivity contribution in [1.29, 1.82) is 0 Å². The minimum Gasteiger partial charge on any atom is -0.399 e. The van der Waals surface area contributed by atoms with E-state index in [0.29, 0.717) is 18.4 Å². The summed E-state index contributed by atoms with van der Waals surface area (Å²) in [4.78, 5) is 13.9. The van der Waals surface area contributed by atoms with Crippen molar-refractivity contribution >= 4 is 11.6 Å². The molecule has 2 aliphatic heterocycles. The number of carbonyl (C=O) groups is 1. The molecule has 0 bridgehead atoms. The van der Waals surface area contributed by atoms with Gasteiger partial charge >= 0.3 is 0 Å². The molecule has 0 spiro atoms. The number of nitrogens with two attached hydrogens (primary N) is 1. The van der Waals surface area contributed by atoms with E-state index < -0.39 is 0 Å². The highest BCUT2D eigenvalue weighted by Gasteiger charge is 2.33. The van der Waals surface area contributed by atoms with Gasteiger partial charge in [-0.1, -0.05) is 12.1 Å². The van der Waals surface area contributed by atoms with Crippen LogP contribution in [0.25, 0.3) is 0 Å². The van der Waals surface area contributed by atoms with E-state index in [1.54, 1.807) is 0 Å². The standard InChI is InChI=1S/C16H23N3O/c17-14-4-1-12(2-5-14)7-9-19-10-8-15-13(11-19)3-6-16(20)18-15/h1-2,4-5,13,15H,3,6-11,17H2,(H,18,20). The Labute approximate surface area is 120 Å².